The van der Waals surface area contributed by atoms with E-state index in [4.69, 9.17) is 0 Å². The van der Waals surface area contributed by atoms with Gasteiger partial charge in [-0.1, -0.05) is 6.07 Å². The fourth-order valence-electron chi connectivity index (χ4n) is 3.52. The Morgan fingerprint density at radius 3 is 2.17 bits per heavy atom. The summed E-state index contributed by atoms with van der Waals surface area (Å²) in [5.74, 6) is -2.44. The quantitative estimate of drug-likeness (QED) is 0.408. The predicted molar refractivity (Wildman–Crippen MR) is 106 cm³/mol. The molecule has 1 aliphatic rings. The summed E-state index contributed by atoms with van der Waals surface area (Å²) in [6, 6.07) is 14.4. The number of rotatable bonds is 4. The van der Waals surface area contributed by atoms with Crippen molar-refractivity contribution in [1.82, 2.24) is 15.0 Å². The second-order valence-electron chi connectivity index (χ2n) is 6.84. The van der Waals surface area contributed by atoms with Gasteiger partial charge in [-0.05, 0) is 56.3 Å². The molecule has 0 aliphatic carbocycles. The Morgan fingerprint density at radius 1 is 0.933 bits per heavy atom. The number of nitro benzene ring substituents is 1. The average Bonchev–Trinajstić information content (AvgIpc) is 3.19. The van der Waals surface area contributed by atoms with Crippen LogP contribution in [0.5, 0.6) is 0 Å². The third-order valence-corrected chi connectivity index (χ3v) is 4.96. The van der Waals surface area contributed by atoms with Crippen LogP contribution in [0.3, 0.4) is 0 Å². The molecule has 0 bridgehead atoms. The van der Waals surface area contributed by atoms with E-state index in [1.54, 1.807) is 24.3 Å². The van der Waals surface area contributed by atoms with Crippen LogP contribution in [0.2, 0.25) is 0 Å². The molecule has 0 saturated heterocycles. The van der Waals surface area contributed by atoms with Crippen LogP contribution in [0, 0.1) is 24.0 Å². The summed E-state index contributed by atoms with van der Waals surface area (Å²) in [5.41, 5.74) is 4.49. The number of aromatic nitrogens is 1. The highest BCUT2D eigenvalue weighted by atomic mass is 16.6. The van der Waals surface area contributed by atoms with Gasteiger partial charge >= 0.3 is 0 Å². The van der Waals surface area contributed by atoms with Gasteiger partial charge in [-0.2, -0.15) is 5.01 Å². The van der Waals surface area contributed by atoms with Crippen molar-refractivity contribution in [3.63, 3.8) is 0 Å². The Bertz CT molecular complexity index is 1210. The number of hydrogen-bond donors (Lipinski definition) is 1. The van der Waals surface area contributed by atoms with Gasteiger partial charge in [-0.25, -0.2) is 0 Å². The molecule has 4 rings (SSSR count). The molecule has 0 spiro atoms. The van der Waals surface area contributed by atoms with Gasteiger partial charge in [0.05, 0.1) is 10.5 Å². The first-order valence-electron chi connectivity index (χ1n) is 9.02. The molecule has 3 amide bonds. The number of benzene rings is 2. The molecule has 0 saturated carbocycles. The normalized spacial score (nSPS) is 12.8. The summed E-state index contributed by atoms with van der Waals surface area (Å²) in [6.45, 7) is 3.93. The molecular formula is C21H16N4O5. The average molecular weight is 404 g/mol. The number of carbonyl (C=O) groups is 3. The summed E-state index contributed by atoms with van der Waals surface area (Å²) in [5, 5.41) is 11.7. The lowest BCUT2D eigenvalue weighted by Gasteiger charge is -2.15. The van der Waals surface area contributed by atoms with Crippen molar-refractivity contribution in [3.8, 4) is 5.69 Å². The van der Waals surface area contributed by atoms with Crippen LogP contribution in [0.4, 0.5) is 5.69 Å². The van der Waals surface area contributed by atoms with E-state index in [1.807, 2.05) is 30.5 Å². The zero-order valence-corrected chi connectivity index (χ0v) is 16.1. The summed E-state index contributed by atoms with van der Waals surface area (Å²) < 4.78 is 2.02. The van der Waals surface area contributed by atoms with Crippen LogP contribution in [0.25, 0.3) is 5.69 Å². The number of imide groups is 1. The second-order valence-corrected chi connectivity index (χ2v) is 6.84. The molecule has 2 heterocycles. The molecule has 1 aromatic heterocycles. The molecule has 0 fully saturated rings. The minimum atomic E-state index is -0.939. The lowest BCUT2D eigenvalue weighted by atomic mass is 10.1. The number of nitrogens with zero attached hydrogens (tertiary/aromatic N) is 3. The maximum Gasteiger partial charge on any atom is 0.287 e. The lowest BCUT2D eigenvalue weighted by molar-refractivity contribution is -0.385. The standard InChI is InChI=1S/C21H16N4O5/c1-12-6-7-13(2)23(12)15-10-8-14(9-11-15)19(26)22-24-20(27)16-4-3-5-17(25(29)30)18(16)21(24)28/h3-11H,1-2H3,(H,22,26). The van der Waals surface area contributed by atoms with E-state index in [-0.39, 0.29) is 16.7 Å². The molecule has 2 aromatic carbocycles. The number of nitrogens with one attached hydrogen (secondary N) is 1. The first kappa shape index (κ1) is 19.1. The number of hydrazine groups is 1. The summed E-state index contributed by atoms with van der Waals surface area (Å²) in [4.78, 5) is 48.1. The highest BCUT2D eigenvalue weighted by Crippen LogP contribution is 2.29. The molecule has 1 aliphatic heterocycles. The van der Waals surface area contributed by atoms with Gasteiger partial charge in [0.15, 0.2) is 0 Å². The van der Waals surface area contributed by atoms with Crippen molar-refractivity contribution in [2.75, 3.05) is 0 Å². The van der Waals surface area contributed by atoms with Crippen LogP contribution in [-0.4, -0.2) is 32.2 Å². The van der Waals surface area contributed by atoms with Gasteiger partial charge < -0.3 is 4.57 Å². The maximum atomic E-state index is 12.6. The molecule has 9 nitrogen and oxygen atoms in total. The number of carbonyl (C=O) groups excluding carboxylic acids is 3. The minimum absolute atomic E-state index is 0.122. The topological polar surface area (TPSA) is 115 Å². The van der Waals surface area contributed by atoms with E-state index >= 15 is 0 Å². The van der Waals surface area contributed by atoms with E-state index in [2.05, 4.69) is 5.43 Å². The number of amides is 3. The molecule has 0 atom stereocenters. The number of hydrogen-bond acceptors (Lipinski definition) is 5. The Balaban J connectivity index is 1.57. The Kier molecular flexibility index (Phi) is 4.42. The lowest BCUT2D eigenvalue weighted by Crippen LogP contribution is -2.45. The van der Waals surface area contributed by atoms with Crippen molar-refractivity contribution >= 4 is 23.4 Å². The van der Waals surface area contributed by atoms with E-state index in [9.17, 15) is 24.5 Å². The second kappa shape index (κ2) is 6.96. The number of aryl methyl sites for hydroxylation is 2. The van der Waals surface area contributed by atoms with Gasteiger partial charge in [-0.3, -0.25) is 29.9 Å². The summed E-state index contributed by atoms with van der Waals surface area (Å²) >= 11 is 0. The van der Waals surface area contributed by atoms with Crippen molar-refractivity contribution in [3.05, 3.63) is 92.8 Å². The van der Waals surface area contributed by atoms with E-state index in [0.29, 0.717) is 5.01 Å². The summed E-state index contributed by atoms with van der Waals surface area (Å²) in [7, 11) is 0. The third kappa shape index (κ3) is 2.93. The van der Waals surface area contributed by atoms with Gasteiger partial charge in [0.1, 0.15) is 5.56 Å². The Morgan fingerprint density at radius 2 is 1.57 bits per heavy atom. The highest BCUT2D eigenvalue weighted by Gasteiger charge is 2.42. The van der Waals surface area contributed by atoms with Crippen LogP contribution in [0.1, 0.15) is 42.5 Å². The Labute approximate surface area is 170 Å². The monoisotopic (exact) mass is 404 g/mol. The number of nitro groups is 1. The molecule has 150 valence electrons. The van der Waals surface area contributed by atoms with Crippen LogP contribution >= 0.6 is 0 Å². The molecule has 1 N–H and O–H groups in total. The minimum Gasteiger partial charge on any atom is -0.319 e. The van der Waals surface area contributed by atoms with E-state index in [0.717, 1.165) is 23.1 Å². The highest BCUT2D eigenvalue weighted by molar-refractivity contribution is 6.23. The zero-order valence-electron chi connectivity index (χ0n) is 16.1. The molecule has 9 heteroatoms. The molecular weight excluding hydrogens is 388 g/mol. The fourth-order valence-corrected chi connectivity index (χ4v) is 3.52. The molecule has 30 heavy (non-hydrogen) atoms. The molecule has 0 unspecified atom stereocenters. The maximum absolute atomic E-state index is 12.6. The van der Waals surface area contributed by atoms with Crippen molar-refractivity contribution < 1.29 is 19.3 Å². The molecule has 3 aromatic rings. The van der Waals surface area contributed by atoms with Crippen molar-refractivity contribution in [1.29, 1.82) is 0 Å². The fraction of sp³-hybridized carbons (Fsp3) is 0.0952. The first-order valence-corrected chi connectivity index (χ1v) is 9.02. The zero-order chi connectivity index (χ0) is 21.6. The smallest absolute Gasteiger partial charge is 0.287 e. The van der Waals surface area contributed by atoms with Gasteiger partial charge in [-0.15, -0.1) is 0 Å². The van der Waals surface area contributed by atoms with Crippen molar-refractivity contribution in [2.24, 2.45) is 0 Å². The van der Waals surface area contributed by atoms with E-state index in [1.165, 1.54) is 12.1 Å². The Hall–Kier alpha value is -4.27. The number of fused-ring (bicyclic) bond motifs is 1. The predicted octanol–water partition coefficient (Wildman–Crippen LogP) is 2.94. The molecule has 0 radical (unpaired) electrons. The van der Waals surface area contributed by atoms with E-state index < -0.39 is 28.3 Å². The van der Waals surface area contributed by atoms with Crippen LogP contribution < -0.4 is 5.43 Å². The van der Waals surface area contributed by atoms with Gasteiger partial charge in [0, 0.05) is 28.7 Å². The van der Waals surface area contributed by atoms with Crippen molar-refractivity contribution in [2.45, 2.75) is 13.8 Å². The largest absolute Gasteiger partial charge is 0.319 e. The van der Waals surface area contributed by atoms with Gasteiger partial charge in [0.2, 0.25) is 0 Å². The van der Waals surface area contributed by atoms with Gasteiger partial charge in [0.25, 0.3) is 23.4 Å². The first-order chi connectivity index (χ1) is 14.3. The third-order valence-electron chi connectivity index (χ3n) is 4.96. The van der Waals surface area contributed by atoms with Crippen LogP contribution in [-0.2, 0) is 0 Å². The SMILES string of the molecule is Cc1ccc(C)n1-c1ccc(C(=O)NN2C(=O)c3cccc([N+](=O)[O-])c3C2=O)cc1. The summed E-state index contributed by atoms with van der Waals surface area (Å²) in [6.07, 6.45) is 0. The van der Waals surface area contributed by atoms with Crippen LogP contribution in [0.15, 0.2) is 54.6 Å².